The number of nitrogens with one attached hydrogen (secondary N) is 1. The monoisotopic (exact) mass is 479 g/mol. The minimum absolute atomic E-state index is 0.0866. The Hall–Kier alpha value is -3.03. The number of aldehydes is 1. The Morgan fingerprint density at radius 1 is 1.00 bits per heavy atom. The number of hydrogen-bond donors (Lipinski definition) is 2. The van der Waals surface area contributed by atoms with Gasteiger partial charge in [0, 0.05) is 5.92 Å². The van der Waals surface area contributed by atoms with Crippen LogP contribution in [0.25, 0.3) is 11.1 Å². The molecule has 3 atom stereocenters. The number of nitrogens with two attached hydrogens (primary N) is 1. The van der Waals surface area contributed by atoms with Gasteiger partial charge < -0.3 is 15.3 Å². The lowest BCUT2D eigenvalue weighted by molar-refractivity contribution is -0.136. The van der Waals surface area contributed by atoms with Crippen molar-refractivity contribution >= 4 is 18.3 Å². The molecular formula is C28H37N3O4. The molecule has 3 N–H and O–H groups in total. The summed E-state index contributed by atoms with van der Waals surface area (Å²) in [5, 5.41) is 3.15. The number of imide groups is 1. The Labute approximate surface area is 208 Å². The molecule has 2 aromatic carbocycles. The Balaban J connectivity index is 1.89. The van der Waals surface area contributed by atoms with Crippen LogP contribution in [0, 0.1) is 11.8 Å². The average molecular weight is 480 g/mol. The zero-order valence-electron chi connectivity index (χ0n) is 21.2. The molecule has 0 bridgehead atoms. The number of rotatable bonds is 10. The highest BCUT2D eigenvalue weighted by molar-refractivity contribution is 5.95. The van der Waals surface area contributed by atoms with Crippen LogP contribution < -0.4 is 11.1 Å². The molecule has 188 valence electrons. The minimum atomic E-state index is -0.880. The molecule has 2 amide bonds. The van der Waals surface area contributed by atoms with Gasteiger partial charge in [0.05, 0.1) is 18.2 Å². The Morgan fingerprint density at radius 2 is 1.54 bits per heavy atom. The maximum Gasteiger partial charge on any atom is 0.417 e. The van der Waals surface area contributed by atoms with Gasteiger partial charge in [-0.15, -0.1) is 0 Å². The van der Waals surface area contributed by atoms with E-state index < -0.39 is 30.2 Å². The largest absolute Gasteiger partial charge is 0.448 e. The first-order valence-electron chi connectivity index (χ1n) is 12.4. The number of carbonyl (C=O) groups excluding carboxylic acids is 3. The number of amides is 2. The third kappa shape index (κ3) is 5.63. The molecule has 2 aromatic rings. The zero-order chi connectivity index (χ0) is 25.7. The van der Waals surface area contributed by atoms with Crippen LogP contribution in [0.1, 0.15) is 58.1 Å². The molecule has 0 saturated carbocycles. The summed E-state index contributed by atoms with van der Waals surface area (Å²) in [5.74, 6) is -1.00. The highest BCUT2D eigenvalue weighted by atomic mass is 16.6. The molecular weight excluding hydrogens is 442 g/mol. The fourth-order valence-electron chi connectivity index (χ4n) is 4.49. The van der Waals surface area contributed by atoms with E-state index in [2.05, 4.69) is 17.4 Å². The number of ether oxygens (including phenoxy) is 1. The molecule has 0 aromatic heterocycles. The Bertz CT molecular complexity index is 1010. The van der Waals surface area contributed by atoms with Gasteiger partial charge in [0.1, 0.15) is 12.9 Å². The van der Waals surface area contributed by atoms with E-state index in [1.165, 1.54) is 0 Å². The predicted octanol–water partition coefficient (Wildman–Crippen LogP) is 4.30. The van der Waals surface area contributed by atoms with E-state index in [-0.39, 0.29) is 24.4 Å². The summed E-state index contributed by atoms with van der Waals surface area (Å²) in [6.45, 7) is 9.37. The molecule has 3 rings (SSSR count). The Kier molecular flexibility index (Phi) is 8.81. The minimum Gasteiger partial charge on any atom is -0.448 e. The van der Waals surface area contributed by atoms with Crippen LogP contribution in [0.4, 0.5) is 4.79 Å². The lowest BCUT2D eigenvalue weighted by Gasteiger charge is -2.36. The quantitative estimate of drug-likeness (QED) is 0.389. The van der Waals surface area contributed by atoms with Crippen LogP contribution >= 0.6 is 0 Å². The normalized spacial score (nSPS) is 15.3. The van der Waals surface area contributed by atoms with E-state index in [9.17, 15) is 14.4 Å². The van der Waals surface area contributed by atoms with Crippen LogP contribution in [0.3, 0.4) is 0 Å². The number of nitrogens with zero attached hydrogens (tertiary/aromatic N) is 1. The van der Waals surface area contributed by atoms with E-state index in [0.29, 0.717) is 6.42 Å². The third-order valence-corrected chi connectivity index (χ3v) is 6.67. The maximum absolute atomic E-state index is 13.5. The molecule has 0 spiro atoms. The highest BCUT2D eigenvalue weighted by Crippen LogP contribution is 2.44. The second kappa shape index (κ2) is 11.6. The molecule has 2 unspecified atom stereocenters. The van der Waals surface area contributed by atoms with Crippen molar-refractivity contribution in [2.75, 3.05) is 6.61 Å². The third-order valence-electron chi connectivity index (χ3n) is 6.67. The first-order valence-corrected chi connectivity index (χ1v) is 12.4. The fourth-order valence-corrected chi connectivity index (χ4v) is 4.49. The van der Waals surface area contributed by atoms with Gasteiger partial charge in [0.2, 0.25) is 5.91 Å². The van der Waals surface area contributed by atoms with Crippen molar-refractivity contribution in [3.63, 3.8) is 0 Å². The van der Waals surface area contributed by atoms with E-state index in [0.717, 1.165) is 33.4 Å². The number of fused-ring (bicyclic) bond motifs is 3. The van der Waals surface area contributed by atoms with Crippen LogP contribution in [0.5, 0.6) is 0 Å². The second-order valence-corrected chi connectivity index (χ2v) is 9.79. The van der Waals surface area contributed by atoms with Crippen molar-refractivity contribution in [3.05, 3.63) is 59.7 Å². The zero-order valence-corrected chi connectivity index (χ0v) is 21.2. The summed E-state index contributed by atoms with van der Waals surface area (Å²) in [5.41, 5.74) is 10.6. The summed E-state index contributed by atoms with van der Waals surface area (Å²) in [4.78, 5) is 39.5. The van der Waals surface area contributed by atoms with E-state index in [1.54, 1.807) is 0 Å². The fraction of sp³-hybridized carbons (Fsp3) is 0.464. The SMILES string of the molecule is CCC(C=O)NC(C(C)C)N(C(=O)OCC1c2ccccc2-c2ccccc21)C(=O)[C@@H](N)C(C)C. The van der Waals surface area contributed by atoms with E-state index in [4.69, 9.17) is 10.5 Å². The van der Waals surface area contributed by atoms with Crippen molar-refractivity contribution in [2.45, 2.75) is 65.2 Å². The molecule has 0 aliphatic heterocycles. The molecule has 1 aliphatic rings. The lowest BCUT2D eigenvalue weighted by Crippen LogP contribution is -2.61. The average Bonchev–Trinajstić information content (AvgIpc) is 3.17. The smallest absolute Gasteiger partial charge is 0.417 e. The van der Waals surface area contributed by atoms with Crippen molar-refractivity contribution in [2.24, 2.45) is 17.6 Å². The topological polar surface area (TPSA) is 102 Å². The van der Waals surface area contributed by atoms with Gasteiger partial charge in [-0.25, -0.2) is 9.69 Å². The van der Waals surface area contributed by atoms with Crippen LogP contribution in [0.2, 0.25) is 0 Å². The molecule has 0 saturated heterocycles. The van der Waals surface area contributed by atoms with Gasteiger partial charge in [-0.1, -0.05) is 83.1 Å². The number of benzene rings is 2. The Morgan fingerprint density at radius 3 is 2.00 bits per heavy atom. The molecule has 7 nitrogen and oxygen atoms in total. The van der Waals surface area contributed by atoms with Crippen molar-refractivity contribution in [3.8, 4) is 11.1 Å². The van der Waals surface area contributed by atoms with Crippen LogP contribution in [0.15, 0.2) is 48.5 Å². The number of carbonyl (C=O) groups is 3. The summed E-state index contributed by atoms with van der Waals surface area (Å²) < 4.78 is 5.82. The van der Waals surface area contributed by atoms with Crippen molar-refractivity contribution < 1.29 is 19.1 Å². The first kappa shape index (κ1) is 26.6. The summed E-state index contributed by atoms with van der Waals surface area (Å²) in [6.07, 6.45) is -0.189. The van der Waals surface area contributed by atoms with Gasteiger partial charge in [-0.2, -0.15) is 0 Å². The maximum atomic E-state index is 13.5. The summed E-state index contributed by atoms with van der Waals surface area (Å²) in [6, 6.07) is 14.8. The number of hydrogen-bond acceptors (Lipinski definition) is 6. The van der Waals surface area contributed by atoms with Gasteiger partial charge in [0.15, 0.2) is 0 Å². The van der Waals surface area contributed by atoms with Gasteiger partial charge >= 0.3 is 6.09 Å². The van der Waals surface area contributed by atoms with Crippen molar-refractivity contribution in [1.82, 2.24) is 10.2 Å². The molecule has 1 aliphatic carbocycles. The van der Waals surface area contributed by atoms with Crippen LogP contribution in [-0.4, -0.2) is 48.0 Å². The highest BCUT2D eigenvalue weighted by Gasteiger charge is 2.38. The molecule has 35 heavy (non-hydrogen) atoms. The van der Waals surface area contributed by atoms with Crippen molar-refractivity contribution in [1.29, 1.82) is 0 Å². The van der Waals surface area contributed by atoms with Gasteiger partial charge in [-0.05, 0) is 40.5 Å². The van der Waals surface area contributed by atoms with Gasteiger partial charge in [-0.3, -0.25) is 10.1 Å². The molecule has 0 heterocycles. The molecule has 0 radical (unpaired) electrons. The summed E-state index contributed by atoms with van der Waals surface area (Å²) >= 11 is 0. The first-order chi connectivity index (χ1) is 16.7. The second-order valence-electron chi connectivity index (χ2n) is 9.79. The van der Waals surface area contributed by atoms with Gasteiger partial charge in [0.25, 0.3) is 0 Å². The van der Waals surface area contributed by atoms with E-state index in [1.807, 2.05) is 71.0 Å². The standard InChI is InChI=1S/C28H37N3O4/c1-6-19(15-32)30-26(18(4)5)31(27(33)25(29)17(2)3)28(34)35-16-24-22-13-9-7-11-20(22)21-12-8-10-14-23(21)24/h7-15,17-19,24-26,30H,6,16,29H2,1-5H3/t19?,25-,26?/m0/s1. The molecule has 0 fully saturated rings. The summed E-state index contributed by atoms with van der Waals surface area (Å²) in [7, 11) is 0. The van der Waals surface area contributed by atoms with Crippen LogP contribution in [-0.2, 0) is 14.3 Å². The van der Waals surface area contributed by atoms with E-state index >= 15 is 0 Å². The predicted molar refractivity (Wildman–Crippen MR) is 137 cm³/mol. The lowest BCUT2D eigenvalue weighted by atomic mass is 9.98. The molecule has 7 heteroatoms.